The first-order chi connectivity index (χ1) is 14.2. The second-order valence-corrected chi connectivity index (χ2v) is 6.67. The van der Waals surface area contributed by atoms with Gasteiger partial charge in [0.25, 0.3) is 5.89 Å². The highest BCUT2D eigenvalue weighted by molar-refractivity contribution is 5.65. The van der Waals surface area contributed by atoms with Crippen LogP contribution in [0.1, 0.15) is 17.4 Å². The number of rotatable bonds is 4. The Morgan fingerprint density at radius 3 is 2.79 bits per heavy atom. The summed E-state index contributed by atoms with van der Waals surface area (Å²) in [7, 11) is 1.60. The topological polar surface area (TPSA) is 75.2 Å². The Hall–Kier alpha value is -3.52. The quantitative estimate of drug-likeness (QED) is 0.522. The fourth-order valence-corrected chi connectivity index (χ4v) is 3.44. The minimum Gasteiger partial charge on any atom is -0.496 e. The maximum atomic E-state index is 13.2. The Morgan fingerprint density at radius 2 is 1.97 bits per heavy atom. The minimum absolute atomic E-state index is 0.169. The van der Waals surface area contributed by atoms with Crippen LogP contribution in [0.3, 0.4) is 0 Å². The zero-order valence-electron chi connectivity index (χ0n) is 15.6. The van der Waals surface area contributed by atoms with Gasteiger partial charge in [-0.05, 0) is 29.8 Å². The number of methoxy groups -OCH3 is 1. The van der Waals surface area contributed by atoms with Gasteiger partial charge in [0.1, 0.15) is 17.7 Å². The molecule has 2 aromatic carbocycles. The first kappa shape index (κ1) is 17.6. The molecule has 3 heterocycles. The van der Waals surface area contributed by atoms with Crippen molar-refractivity contribution in [1.82, 2.24) is 19.7 Å². The van der Waals surface area contributed by atoms with E-state index < -0.39 is 0 Å². The number of nitrogens with zero attached hydrogens (tertiary/aromatic N) is 4. The molecule has 0 amide bonds. The average molecular weight is 392 g/mol. The summed E-state index contributed by atoms with van der Waals surface area (Å²) in [5.41, 5.74) is 3.11. The second kappa shape index (κ2) is 7.14. The van der Waals surface area contributed by atoms with Gasteiger partial charge in [0.15, 0.2) is 5.69 Å². The lowest BCUT2D eigenvalue weighted by Crippen LogP contribution is -2.20. The molecule has 1 unspecified atom stereocenters. The Kier molecular flexibility index (Phi) is 4.33. The van der Waals surface area contributed by atoms with Crippen molar-refractivity contribution in [3.8, 4) is 28.7 Å². The van der Waals surface area contributed by atoms with E-state index in [1.807, 2.05) is 28.8 Å². The molecule has 1 aliphatic heterocycles. The summed E-state index contributed by atoms with van der Waals surface area (Å²) in [6, 6.07) is 13.8. The van der Waals surface area contributed by atoms with Gasteiger partial charge in [0.05, 0.1) is 37.8 Å². The van der Waals surface area contributed by atoms with E-state index in [9.17, 15) is 4.39 Å². The smallest absolute Gasteiger partial charge is 0.278 e. The van der Waals surface area contributed by atoms with E-state index in [1.54, 1.807) is 25.6 Å². The van der Waals surface area contributed by atoms with Crippen LogP contribution in [0.5, 0.6) is 5.75 Å². The SMILES string of the molecule is COc1ccccc1-c1noc(-c2ncn3c2COC(c2ccc(F)cc2)C3)n1. The van der Waals surface area contributed by atoms with Crippen LogP contribution in [0.15, 0.2) is 59.4 Å². The molecule has 0 aliphatic carbocycles. The second-order valence-electron chi connectivity index (χ2n) is 6.67. The fourth-order valence-electron chi connectivity index (χ4n) is 3.44. The Morgan fingerprint density at radius 1 is 1.14 bits per heavy atom. The van der Waals surface area contributed by atoms with Crippen LogP contribution in [0.25, 0.3) is 23.0 Å². The number of aromatic nitrogens is 4. The van der Waals surface area contributed by atoms with E-state index in [-0.39, 0.29) is 11.9 Å². The van der Waals surface area contributed by atoms with E-state index in [0.29, 0.717) is 36.3 Å². The van der Waals surface area contributed by atoms with Crippen LogP contribution in [-0.2, 0) is 17.9 Å². The molecule has 0 radical (unpaired) electrons. The molecule has 0 saturated heterocycles. The minimum atomic E-state index is -0.266. The highest BCUT2D eigenvalue weighted by Crippen LogP contribution is 2.33. The molecule has 29 heavy (non-hydrogen) atoms. The summed E-state index contributed by atoms with van der Waals surface area (Å²) >= 11 is 0. The summed E-state index contributed by atoms with van der Waals surface area (Å²) in [5, 5.41) is 4.08. The van der Waals surface area contributed by atoms with Gasteiger partial charge in [-0.15, -0.1) is 0 Å². The summed E-state index contributed by atoms with van der Waals surface area (Å²) in [5.74, 6) is 1.15. The highest BCUT2D eigenvalue weighted by atomic mass is 19.1. The van der Waals surface area contributed by atoms with Crippen molar-refractivity contribution in [3.63, 3.8) is 0 Å². The molecule has 0 fully saturated rings. The fraction of sp³-hybridized carbons (Fsp3) is 0.190. The number of imidazole rings is 1. The third kappa shape index (κ3) is 3.17. The maximum absolute atomic E-state index is 13.2. The van der Waals surface area contributed by atoms with E-state index in [2.05, 4.69) is 15.1 Å². The number of benzene rings is 2. The summed E-state index contributed by atoms with van der Waals surface area (Å²) < 4.78 is 32.0. The van der Waals surface area contributed by atoms with Crippen LogP contribution >= 0.6 is 0 Å². The molecule has 5 rings (SSSR count). The molecular weight excluding hydrogens is 375 g/mol. The molecule has 1 aliphatic rings. The van der Waals surface area contributed by atoms with Crippen molar-refractivity contribution in [2.45, 2.75) is 19.3 Å². The average Bonchev–Trinajstić information content (AvgIpc) is 3.40. The molecule has 0 N–H and O–H groups in total. The van der Waals surface area contributed by atoms with Gasteiger partial charge in [0.2, 0.25) is 5.82 Å². The molecule has 146 valence electrons. The van der Waals surface area contributed by atoms with Gasteiger partial charge >= 0.3 is 0 Å². The van der Waals surface area contributed by atoms with E-state index in [0.717, 1.165) is 16.8 Å². The first-order valence-corrected chi connectivity index (χ1v) is 9.11. The molecule has 2 aromatic heterocycles. The molecule has 7 nitrogen and oxygen atoms in total. The predicted molar refractivity (Wildman–Crippen MR) is 101 cm³/mol. The molecule has 0 spiro atoms. The van der Waals surface area contributed by atoms with Crippen molar-refractivity contribution in [2.24, 2.45) is 0 Å². The lowest BCUT2D eigenvalue weighted by atomic mass is 10.1. The highest BCUT2D eigenvalue weighted by Gasteiger charge is 2.27. The lowest BCUT2D eigenvalue weighted by molar-refractivity contribution is 0.00326. The van der Waals surface area contributed by atoms with E-state index >= 15 is 0 Å². The lowest BCUT2D eigenvalue weighted by Gasteiger charge is -2.25. The summed E-state index contributed by atoms with van der Waals surface area (Å²) in [6.45, 7) is 0.908. The normalized spacial score (nSPS) is 15.9. The molecule has 1 atom stereocenters. The van der Waals surface area contributed by atoms with Gasteiger partial charge in [-0.25, -0.2) is 9.37 Å². The summed E-state index contributed by atoms with van der Waals surface area (Å²) in [4.78, 5) is 8.95. The predicted octanol–water partition coefficient (Wildman–Crippen LogP) is 4.02. The van der Waals surface area contributed by atoms with Crippen molar-refractivity contribution in [3.05, 3.63) is 71.9 Å². The molecule has 8 heteroatoms. The Bertz CT molecular complexity index is 1150. The van der Waals surface area contributed by atoms with Gasteiger partial charge < -0.3 is 18.6 Å². The summed E-state index contributed by atoms with van der Waals surface area (Å²) in [6.07, 6.45) is 1.56. The number of fused-ring (bicyclic) bond motifs is 1. The van der Waals surface area contributed by atoms with E-state index in [1.165, 1.54) is 12.1 Å². The van der Waals surface area contributed by atoms with Crippen LogP contribution in [-0.4, -0.2) is 26.8 Å². The maximum Gasteiger partial charge on any atom is 0.278 e. The van der Waals surface area contributed by atoms with Gasteiger partial charge in [-0.2, -0.15) is 4.98 Å². The van der Waals surface area contributed by atoms with Gasteiger partial charge in [-0.1, -0.05) is 29.4 Å². The van der Waals surface area contributed by atoms with Crippen LogP contribution in [0.2, 0.25) is 0 Å². The van der Waals surface area contributed by atoms with Gasteiger partial charge in [0, 0.05) is 0 Å². The van der Waals surface area contributed by atoms with Gasteiger partial charge in [-0.3, -0.25) is 0 Å². The zero-order chi connectivity index (χ0) is 19.8. The number of hydrogen-bond acceptors (Lipinski definition) is 6. The molecule has 0 saturated carbocycles. The monoisotopic (exact) mass is 392 g/mol. The number of para-hydroxylation sites is 1. The molecule has 4 aromatic rings. The van der Waals surface area contributed by atoms with Crippen molar-refractivity contribution in [2.75, 3.05) is 7.11 Å². The third-order valence-corrected chi connectivity index (χ3v) is 4.95. The number of hydrogen-bond donors (Lipinski definition) is 0. The number of halogens is 1. The van der Waals surface area contributed by atoms with Crippen molar-refractivity contribution >= 4 is 0 Å². The molecule has 0 bridgehead atoms. The molecular formula is C21H17FN4O3. The van der Waals surface area contributed by atoms with Crippen molar-refractivity contribution in [1.29, 1.82) is 0 Å². The standard InChI is InChI=1S/C21H17FN4O3/c1-27-17-5-3-2-4-15(17)20-24-21(29-25-20)19-16-11-28-18(10-26(16)12-23-19)13-6-8-14(22)9-7-13/h2-9,12,18H,10-11H2,1H3. The third-order valence-electron chi connectivity index (χ3n) is 4.95. The number of ether oxygens (including phenoxy) is 2. The Labute approximate surface area is 165 Å². The van der Waals surface area contributed by atoms with Crippen LogP contribution in [0.4, 0.5) is 4.39 Å². The Balaban J connectivity index is 1.42. The van der Waals surface area contributed by atoms with Crippen LogP contribution < -0.4 is 4.74 Å². The van der Waals surface area contributed by atoms with Crippen molar-refractivity contribution < 1.29 is 18.4 Å². The van der Waals surface area contributed by atoms with Crippen LogP contribution in [0, 0.1) is 5.82 Å². The largest absolute Gasteiger partial charge is 0.496 e. The van der Waals surface area contributed by atoms with E-state index in [4.69, 9.17) is 14.0 Å². The zero-order valence-corrected chi connectivity index (χ0v) is 15.6. The first-order valence-electron chi connectivity index (χ1n) is 9.11.